The van der Waals surface area contributed by atoms with Crippen LogP contribution in [0.4, 0.5) is 11.5 Å². The van der Waals surface area contributed by atoms with E-state index in [0.29, 0.717) is 24.6 Å². The molecule has 1 aromatic heterocycles. The second-order valence-electron chi connectivity index (χ2n) is 11.5. The Morgan fingerprint density at radius 3 is 2.46 bits per heavy atom. The minimum Gasteiger partial charge on any atom is -0.467 e. The lowest BCUT2D eigenvalue weighted by Gasteiger charge is -2.41. The fourth-order valence-corrected chi connectivity index (χ4v) is 6.62. The number of fused-ring (bicyclic) bond motifs is 2. The molecule has 0 bridgehead atoms. The Labute approximate surface area is 249 Å². The lowest BCUT2D eigenvalue weighted by molar-refractivity contribution is 0.263. The number of halogens is 1. The first-order chi connectivity index (χ1) is 20.0. The minimum atomic E-state index is 0.222. The number of nitrogens with zero attached hydrogens (tertiary/aromatic N) is 5. The van der Waals surface area contributed by atoms with Gasteiger partial charge in [0.25, 0.3) is 0 Å². The van der Waals surface area contributed by atoms with Crippen LogP contribution in [0.25, 0.3) is 10.8 Å². The second kappa shape index (κ2) is 14.0. The van der Waals surface area contributed by atoms with Gasteiger partial charge in [-0.3, -0.25) is 0 Å². The van der Waals surface area contributed by atoms with Gasteiger partial charge in [0.1, 0.15) is 5.82 Å². The summed E-state index contributed by atoms with van der Waals surface area (Å²) in [5, 5.41) is 16.1. The van der Waals surface area contributed by atoms with Gasteiger partial charge in [0.2, 0.25) is 0 Å². The van der Waals surface area contributed by atoms with Crippen molar-refractivity contribution in [1.29, 1.82) is 0 Å². The highest BCUT2D eigenvalue weighted by atomic mass is 35.5. The van der Waals surface area contributed by atoms with Crippen LogP contribution in [-0.2, 0) is 13.0 Å². The van der Waals surface area contributed by atoms with E-state index in [1.807, 2.05) is 12.1 Å². The van der Waals surface area contributed by atoms with Gasteiger partial charge in [-0.25, -0.2) is 0 Å². The van der Waals surface area contributed by atoms with E-state index in [1.165, 1.54) is 31.5 Å². The van der Waals surface area contributed by atoms with Crippen molar-refractivity contribution in [2.45, 2.75) is 64.1 Å². The van der Waals surface area contributed by atoms with Gasteiger partial charge in [0.15, 0.2) is 0 Å². The third-order valence-corrected chi connectivity index (χ3v) is 8.88. The van der Waals surface area contributed by atoms with Crippen molar-refractivity contribution >= 4 is 33.9 Å². The van der Waals surface area contributed by atoms with Crippen molar-refractivity contribution in [3.63, 3.8) is 0 Å². The Morgan fingerprint density at radius 1 is 1.02 bits per heavy atom. The molecule has 0 aliphatic carbocycles. The van der Waals surface area contributed by atoms with Crippen molar-refractivity contribution in [2.75, 3.05) is 63.3 Å². The zero-order chi connectivity index (χ0) is 28.8. The van der Waals surface area contributed by atoms with E-state index in [1.54, 1.807) is 7.11 Å². The van der Waals surface area contributed by atoms with Crippen molar-refractivity contribution in [3.8, 4) is 6.01 Å². The van der Waals surface area contributed by atoms with Gasteiger partial charge in [-0.05, 0) is 76.2 Å². The van der Waals surface area contributed by atoms with E-state index in [-0.39, 0.29) is 6.61 Å². The van der Waals surface area contributed by atoms with E-state index in [2.05, 4.69) is 58.3 Å². The Bertz CT molecular complexity index is 1300. The van der Waals surface area contributed by atoms with Gasteiger partial charge < -0.3 is 29.9 Å². The molecule has 222 valence electrons. The highest BCUT2D eigenvalue weighted by Crippen LogP contribution is 2.37. The van der Waals surface area contributed by atoms with Crippen LogP contribution in [0, 0.1) is 0 Å². The molecule has 0 radical (unpaired) electrons. The predicted octanol–water partition coefficient (Wildman–Crippen LogP) is 4.90. The monoisotopic (exact) mass is 580 g/mol. The highest BCUT2D eigenvalue weighted by molar-refractivity contribution is 6.36. The molecule has 9 heteroatoms. The molecule has 2 fully saturated rings. The molecule has 8 nitrogen and oxygen atoms in total. The number of aliphatic hydroxyl groups excluding tert-OH is 1. The molecule has 0 unspecified atom stereocenters. The van der Waals surface area contributed by atoms with Crippen molar-refractivity contribution in [1.82, 2.24) is 20.2 Å². The van der Waals surface area contributed by atoms with Gasteiger partial charge >= 0.3 is 6.01 Å². The summed E-state index contributed by atoms with van der Waals surface area (Å²) < 4.78 is 5.55. The van der Waals surface area contributed by atoms with Gasteiger partial charge in [0.05, 0.1) is 24.4 Å². The van der Waals surface area contributed by atoms with Crippen LogP contribution in [0.1, 0.15) is 50.3 Å². The lowest BCUT2D eigenvalue weighted by atomic mass is 9.99. The minimum absolute atomic E-state index is 0.222. The fourth-order valence-electron chi connectivity index (χ4n) is 6.34. The number of rotatable bonds is 7. The molecule has 4 heterocycles. The van der Waals surface area contributed by atoms with E-state index in [4.69, 9.17) is 26.3 Å². The van der Waals surface area contributed by atoms with Crippen LogP contribution in [0.15, 0.2) is 36.4 Å². The molecule has 0 amide bonds. The maximum Gasteiger partial charge on any atom is 0.318 e. The quantitative estimate of drug-likeness (QED) is 0.409. The standard InChI is InChI=1S/C27H34ClN5O2.C5H11N/c1-3-19-15-33(16-20(29-19)9-6-14-34)26-21-12-13-32(17-23(21)30-27(31-26)35-2)24-11-5-8-18-7-4-10-22(28)25(18)24;1-6-4-2-3-5-6/h4-5,7-8,10-11,19-20,29,34H,3,6,9,12-17H2,1-2H3;2-5H2,1H3/t19-,20+;/m1./s1. The Hall–Kier alpha value is -2.65. The maximum atomic E-state index is 9.34. The number of hydrogen-bond acceptors (Lipinski definition) is 8. The summed E-state index contributed by atoms with van der Waals surface area (Å²) in [6.45, 7) is 8.40. The zero-order valence-corrected chi connectivity index (χ0v) is 25.5. The lowest BCUT2D eigenvalue weighted by Crippen LogP contribution is -2.57. The van der Waals surface area contributed by atoms with Crippen molar-refractivity contribution in [3.05, 3.63) is 52.7 Å². The Morgan fingerprint density at radius 2 is 1.78 bits per heavy atom. The number of methoxy groups -OCH3 is 1. The third-order valence-electron chi connectivity index (χ3n) is 8.56. The molecule has 0 spiro atoms. The summed E-state index contributed by atoms with van der Waals surface area (Å²) in [5.74, 6) is 0.997. The number of anilines is 2. The molecule has 3 aromatic rings. The van der Waals surface area contributed by atoms with E-state index in [9.17, 15) is 5.11 Å². The number of piperazine rings is 1. The van der Waals surface area contributed by atoms with Gasteiger partial charge in [0, 0.05) is 55.0 Å². The van der Waals surface area contributed by atoms with Crippen LogP contribution in [0.5, 0.6) is 6.01 Å². The van der Waals surface area contributed by atoms with Crippen LogP contribution in [0.3, 0.4) is 0 Å². The van der Waals surface area contributed by atoms with Crippen molar-refractivity contribution < 1.29 is 9.84 Å². The molecule has 3 aliphatic heterocycles. The number of benzene rings is 2. The summed E-state index contributed by atoms with van der Waals surface area (Å²) in [5.41, 5.74) is 3.36. The van der Waals surface area contributed by atoms with Crippen LogP contribution >= 0.6 is 11.6 Å². The number of aliphatic hydroxyl groups is 1. The van der Waals surface area contributed by atoms with Crippen molar-refractivity contribution in [2.24, 2.45) is 0 Å². The third kappa shape index (κ3) is 7.05. The number of aromatic nitrogens is 2. The molecular weight excluding hydrogens is 536 g/mol. The number of nitrogens with one attached hydrogen (secondary N) is 1. The summed E-state index contributed by atoms with van der Waals surface area (Å²) >= 11 is 6.63. The predicted molar refractivity (Wildman–Crippen MR) is 169 cm³/mol. The molecule has 2 aromatic carbocycles. The topological polar surface area (TPSA) is 77.0 Å². The molecule has 6 rings (SSSR count). The van der Waals surface area contributed by atoms with E-state index in [0.717, 1.165) is 78.3 Å². The summed E-state index contributed by atoms with van der Waals surface area (Å²) in [6, 6.07) is 13.5. The van der Waals surface area contributed by atoms with Crippen LogP contribution < -0.4 is 19.9 Å². The normalized spacial score (nSPS) is 21.0. The smallest absolute Gasteiger partial charge is 0.318 e. The largest absolute Gasteiger partial charge is 0.467 e. The molecule has 0 saturated carbocycles. The van der Waals surface area contributed by atoms with Gasteiger partial charge in [-0.1, -0.05) is 42.8 Å². The Kier molecular flexibility index (Phi) is 10.2. The van der Waals surface area contributed by atoms with Gasteiger partial charge in [-0.15, -0.1) is 0 Å². The second-order valence-corrected chi connectivity index (χ2v) is 11.9. The first-order valence-corrected chi connectivity index (χ1v) is 15.5. The molecule has 2 atom stereocenters. The van der Waals surface area contributed by atoms with Gasteiger partial charge in [-0.2, -0.15) is 9.97 Å². The maximum absolute atomic E-state index is 9.34. The van der Waals surface area contributed by atoms with Crippen LogP contribution in [-0.4, -0.2) is 85.5 Å². The zero-order valence-electron chi connectivity index (χ0n) is 24.8. The summed E-state index contributed by atoms with van der Waals surface area (Å²) in [4.78, 5) is 16.8. The average molecular weight is 581 g/mol. The van der Waals surface area contributed by atoms with Crippen LogP contribution in [0.2, 0.25) is 5.02 Å². The summed E-state index contributed by atoms with van der Waals surface area (Å²) in [6.07, 6.45) is 6.48. The number of likely N-dealkylation sites (tertiary alicyclic amines) is 1. The molecular formula is C32H45ClN6O2. The SMILES string of the molecule is CC[C@@H]1CN(c2nc(OC)nc3c2CCN(c2cccc4cccc(Cl)c24)C3)C[C@H](CCCO)N1.CN1CCCC1. The molecule has 3 aliphatic rings. The first-order valence-electron chi connectivity index (χ1n) is 15.2. The van der Waals surface area contributed by atoms with E-state index < -0.39 is 0 Å². The number of hydrogen-bond donors (Lipinski definition) is 2. The Balaban J connectivity index is 0.000000500. The molecule has 2 N–H and O–H groups in total. The van der Waals surface area contributed by atoms with E-state index >= 15 is 0 Å². The fraction of sp³-hybridized carbons (Fsp3) is 0.562. The molecule has 2 saturated heterocycles. The average Bonchev–Trinajstić information content (AvgIpc) is 3.49. The molecule has 41 heavy (non-hydrogen) atoms. The first kappa shape index (κ1) is 29.8. The summed E-state index contributed by atoms with van der Waals surface area (Å²) in [7, 11) is 3.81. The highest BCUT2D eigenvalue weighted by Gasteiger charge is 2.31. The number of ether oxygens (including phenoxy) is 1.